The largest absolute Gasteiger partial charge is 0.388 e. The van der Waals surface area contributed by atoms with Crippen molar-refractivity contribution < 1.29 is 14.8 Å². The van der Waals surface area contributed by atoms with Crippen molar-refractivity contribution in [2.45, 2.75) is 32.8 Å². The SMILES string of the molecule is CCC(C)C(C)(O)CNC(=O)c1c[nH]c2ccc([N+](=O)[O-])cc12. The molecular formula is C16H21N3O4. The van der Waals surface area contributed by atoms with Crippen molar-refractivity contribution >= 4 is 22.5 Å². The highest BCUT2D eigenvalue weighted by molar-refractivity contribution is 6.07. The van der Waals surface area contributed by atoms with E-state index in [1.807, 2.05) is 13.8 Å². The second-order valence-corrected chi connectivity index (χ2v) is 6.04. The maximum Gasteiger partial charge on any atom is 0.270 e. The van der Waals surface area contributed by atoms with Gasteiger partial charge >= 0.3 is 0 Å². The van der Waals surface area contributed by atoms with Crippen molar-refractivity contribution in [3.63, 3.8) is 0 Å². The zero-order chi connectivity index (χ0) is 17.2. The minimum atomic E-state index is -1.01. The van der Waals surface area contributed by atoms with Crippen molar-refractivity contribution in [2.24, 2.45) is 5.92 Å². The number of rotatable bonds is 6. The van der Waals surface area contributed by atoms with Crippen LogP contribution < -0.4 is 5.32 Å². The van der Waals surface area contributed by atoms with E-state index in [1.54, 1.807) is 13.0 Å². The molecule has 0 spiro atoms. The summed E-state index contributed by atoms with van der Waals surface area (Å²) in [7, 11) is 0. The van der Waals surface area contributed by atoms with E-state index in [2.05, 4.69) is 10.3 Å². The molecule has 1 aromatic heterocycles. The fourth-order valence-electron chi connectivity index (χ4n) is 2.38. The number of nitro groups is 1. The van der Waals surface area contributed by atoms with Crippen LogP contribution in [0.25, 0.3) is 10.9 Å². The zero-order valence-corrected chi connectivity index (χ0v) is 13.4. The van der Waals surface area contributed by atoms with Gasteiger partial charge in [0.2, 0.25) is 0 Å². The fourth-order valence-corrected chi connectivity index (χ4v) is 2.38. The predicted molar refractivity (Wildman–Crippen MR) is 87.4 cm³/mol. The molecule has 0 radical (unpaired) electrons. The average Bonchev–Trinajstić information content (AvgIpc) is 2.94. The zero-order valence-electron chi connectivity index (χ0n) is 13.4. The van der Waals surface area contributed by atoms with E-state index >= 15 is 0 Å². The van der Waals surface area contributed by atoms with Crippen LogP contribution in [-0.2, 0) is 0 Å². The van der Waals surface area contributed by atoms with E-state index in [0.29, 0.717) is 16.5 Å². The van der Waals surface area contributed by atoms with Gasteiger partial charge in [0, 0.05) is 35.8 Å². The first-order valence-electron chi connectivity index (χ1n) is 7.52. The number of aromatic nitrogens is 1. The second-order valence-electron chi connectivity index (χ2n) is 6.04. The number of carbonyl (C=O) groups is 1. The van der Waals surface area contributed by atoms with Gasteiger partial charge in [-0.15, -0.1) is 0 Å². The number of hydrogen-bond donors (Lipinski definition) is 3. The van der Waals surface area contributed by atoms with Crippen molar-refractivity contribution in [2.75, 3.05) is 6.54 Å². The predicted octanol–water partition coefficient (Wildman–Crippen LogP) is 2.60. The Bertz CT molecular complexity index is 736. The van der Waals surface area contributed by atoms with Gasteiger partial charge in [0.1, 0.15) is 0 Å². The number of nitro benzene ring substituents is 1. The lowest BCUT2D eigenvalue weighted by atomic mass is 9.88. The molecule has 3 N–H and O–H groups in total. The molecule has 0 bridgehead atoms. The van der Waals surface area contributed by atoms with Gasteiger partial charge in [0.15, 0.2) is 0 Å². The number of carbonyl (C=O) groups excluding carboxylic acids is 1. The van der Waals surface area contributed by atoms with Crippen molar-refractivity contribution in [3.8, 4) is 0 Å². The van der Waals surface area contributed by atoms with Gasteiger partial charge in [-0.1, -0.05) is 20.3 Å². The van der Waals surface area contributed by atoms with E-state index in [9.17, 15) is 20.0 Å². The molecule has 2 aromatic rings. The Labute approximate surface area is 133 Å². The lowest BCUT2D eigenvalue weighted by Crippen LogP contribution is -2.45. The lowest BCUT2D eigenvalue weighted by molar-refractivity contribution is -0.384. The lowest BCUT2D eigenvalue weighted by Gasteiger charge is -2.29. The first-order valence-corrected chi connectivity index (χ1v) is 7.52. The quantitative estimate of drug-likeness (QED) is 0.561. The maximum atomic E-state index is 12.3. The van der Waals surface area contributed by atoms with E-state index < -0.39 is 10.5 Å². The van der Waals surface area contributed by atoms with Crippen molar-refractivity contribution in [1.82, 2.24) is 10.3 Å². The Kier molecular flexibility index (Phi) is 4.70. The van der Waals surface area contributed by atoms with Gasteiger partial charge < -0.3 is 15.4 Å². The molecule has 7 heteroatoms. The van der Waals surface area contributed by atoms with E-state index in [-0.39, 0.29) is 24.1 Å². The van der Waals surface area contributed by atoms with E-state index in [4.69, 9.17) is 0 Å². The summed E-state index contributed by atoms with van der Waals surface area (Å²) in [4.78, 5) is 25.6. The summed E-state index contributed by atoms with van der Waals surface area (Å²) in [5.41, 5.74) is -0.112. The molecule has 1 amide bonds. The molecule has 23 heavy (non-hydrogen) atoms. The van der Waals surface area contributed by atoms with Gasteiger partial charge in [-0.2, -0.15) is 0 Å². The van der Waals surface area contributed by atoms with Crippen molar-refractivity contribution in [3.05, 3.63) is 40.1 Å². The van der Waals surface area contributed by atoms with Crippen LogP contribution in [0.3, 0.4) is 0 Å². The van der Waals surface area contributed by atoms with Gasteiger partial charge in [-0.05, 0) is 18.9 Å². The highest BCUT2D eigenvalue weighted by Crippen LogP contribution is 2.24. The fraction of sp³-hybridized carbons (Fsp3) is 0.438. The number of aromatic amines is 1. The number of hydrogen-bond acceptors (Lipinski definition) is 4. The first-order chi connectivity index (χ1) is 10.8. The third kappa shape index (κ3) is 3.50. The molecule has 0 aliphatic heterocycles. The highest BCUT2D eigenvalue weighted by Gasteiger charge is 2.28. The number of fused-ring (bicyclic) bond motifs is 1. The molecule has 0 fully saturated rings. The summed E-state index contributed by atoms with van der Waals surface area (Å²) in [5, 5.41) is 24.4. The minimum absolute atomic E-state index is 0.0341. The number of aliphatic hydroxyl groups is 1. The smallest absolute Gasteiger partial charge is 0.270 e. The molecule has 2 rings (SSSR count). The van der Waals surface area contributed by atoms with Crippen LogP contribution in [0.5, 0.6) is 0 Å². The summed E-state index contributed by atoms with van der Waals surface area (Å²) >= 11 is 0. The van der Waals surface area contributed by atoms with Gasteiger partial charge in [-0.3, -0.25) is 14.9 Å². The highest BCUT2D eigenvalue weighted by atomic mass is 16.6. The topological polar surface area (TPSA) is 108 Å². The first kappa shape index (κ1) is 17.0. The van der Waals surface area contributed by atoms with Gasteiger partial charge in [-0.25, -0.2) is 0 Å². The Morgan fingerprint density at radius 3 is 2.83 bits per heavy atom. The normalized spacial score (nSPS) is 15.1. The third-order valence-electron chi connectivity index (χ3n) is 4.40. The minimum Gasteiger partial charge on any atom is -0.388 e. The number of benzene rings is 1. The Morgan fingerprint density at radius 2 is 2.22 bits per heavy atom. The van der Waals surface area contributed by atoms with Crippen molar-refractivity contribution in [1.29, 1.82) is 0 Å². The molecule has 124 valence electrons. The van der Waals surface area contributed by atoms with Crippen LogP contribution in [0.15, 0.2) is 24.4 Å². The van der Waals surface area contributed by atoms with Gasteiger partial charge in [0.25, 0.3) is 11.6 Å². The molecule has 0 aliphatic rings. The molecule has 1 aromatic carbocycles. The average molecular weight is 319 g/mol. The van der Waals surface area contributed by atoms with Gasteiger partial charge in [0.05, 0.1) is 16.1 Å². The number of nitrogens with one attached hydrogen (secondary N) is 2. The Balaban J connectivity index is 2.21. The van der Waals surface area contributed by atoms with Crippen LogP contribution >= 0.6 is 0 Å². The van der Waals surface area contributed by atoms with Crippen LogP contribution in [-0.4, -0.2) is 33.1 Å². The molecule has 7 nitrogen and oxygen atoms in total. The Morgan fingerprint density at radius 1 is 1.52 bits per heavy atom. The molecule has 0 aliphatic carbocycles. The van der Waals surface area contributed by atoms with Crippen LogP contribution in [0.1, 0.15) is 37.6 Å². The molecule has 0 saturated heterocycles. The molecule has 2 atom stereocenters. The molecule has 2 unspecified atom stereocenters. The summed E-state index contributed by atoms with van der Waals surface area (Å²) in [6.07, 6.45) is 2.31. The maximum absolute atomic E-state index is 12.3. The molecule has 0 saturated carbocycles. The number of H-pyrrole nitrogens is 1. The number of non-ortho nitro benzene ring substituents is 1. The van der Waals surface area contributed by atoms with E-state index in [0.717, 1.165) is 6.42 Å². The van der Waals surface area contributed by atoms with Crippen LogP contribution in [0.2, 0.25) is 0 Å². The van der Waals surface area contributed by atoms with Crippen LogP contribution in [0.4, 0.5) is 5.69 Å². The summed E-state index contributed by atoms with van der Waals surface area (Å²) in [6.45, 7) is 5.69. The summed E-state index contributed by atoms with van der Waals surface area (Å²) in [6, 6.07) is 4.32. The summed E-state index contributed by atoms with van der Waals surface area (Å²) < 4.78 is 0. The summed E-state index contributed by atoms with van der Waals surface area (Å²) in [5.74, 6) is -0.341. The Hall–Kier alpha value is -2.41. The van der Waals surface area contributed by atoms with Crippen LogP contribution in [0, 0.1) is 16.0 Å². The monoisotopic (exact) mass is 319 g/mol. The number of amides is 1. The third-order valence-corrected chi connectivity index (χ3v) is 4.40. The standard InChI is InChI=1S/C16H21N3O4/c1-4-10(2)16(3,21)9-18-15(20)13-8-17-14-6-5-11(19(22)23)7-12(13)14/h5-8,10,17,21H,4,9H2,1-3H3,(H,18,20). The van der Waals surface area contributed by atoms with E-state index in [1.165, 1.54) is 18.3 Å². The molecular weight excluding hydrogens is 298 g/mol. The molecule has 1 heterocycles. The second kappa shape index (κ2) is 6.37. The number of nitrogens with zero attached hydrogens (tertiary/aromatic N) is 1.